The van der Waals surface area contributed by atoms with Crippen LogP contribution in [0, 0.1) is 11.3 Å². The maximum absolute atomic E-state index is 9.10. The maximum atomic E-state index is 9.10. The minimum Gasteiger partial charge on any atom is -0.300 e. The van der Waals surface area contributed by atoms with Crippen LogP contribution < -0.4 is 0 Å². The molecule has 134 valence electrons. The highest BCUT2D eigenvalue weighted by molar-refractivity contribution is 5.65. The lowest BCUT2D eigenvalue weighted by Gasteiger charge is -2.42. The van der Waals surface area contributed by atoms with Crippen molar-refractivity contribution in [2.75, 3.05) is 13.1 Å². The Kier molecular flexibility index (Phi) is 4.83. The molecule has 2 fully saturated rings. The number of benzene rings is 2. The van der Waals surface area contributed by atoms with Crippen molar-refractivity contribution in [1.82, 2.24) is 4.90 Å². The molecule has 0 atom stereocenters. The molecule has 1 heterocycles. The molecule has 0 bridgehead atoms. The van der Waals surface area contributed by atoms with Gasteiger partial charge in [0.15, 0.2) is 0 Å². The van der Waals surface area contributed by atoms with Crippen LogP contribution in [-0.4, -0.2) is 24.0 Å². The molecule has 2 aromatic carbocycles. The Morgan fingerprint density at radius 1 is 0.962 bits per heavy atom. The summed E-state index contributed by atoms with van der Waals surface area (Å²) in [5.74, 6) is 0. The van der Waals surface area contributed by atoms with Crippen LogP contribution in [0.1, 0.15) is 56.6 Å². The van der Waals surface area contributed by atoms with Crippen LogP contribution in [-0.2, 0) is 5.41 Å². The highest BCUT2D eigenvalue weighted by atomic mass is 15.2. The SMILES string of the molecule is CC1(c2ccc(-c3cccc(C#N)c3)cc2)CCN(C2CCCC2)CC1. The van der Waals surface area contributed by atoms with E-state index in [-0.39, 0.29) is 0 Å². The molecule has 0 amide bonds. The van der Waals surface area contributed by atoms with Crippen molar-refractivity contribution in [3.8, 4) is 17.2 Å². The quantitative estimate of drug-likeness (QED) is 0.733. The average Bonchev–Trinajstić information content (AvgIpc) is 3.23. The van der Waals surface area contributed by atoms with Crippen LogP contribution in [0.4, 0.5) is 0 Å². The number of piperidine rings is 1. The van der Waals surface area contributed by atoms with Crippen molar-refractivity contribution in [1.29, 1.82) is 5.26 Å². The number of hydrogen-bond donors (Lipinski definition) is 0. The molecule has 1 saturated carbocycles. The lowest BCUT2D eigenvalue weighted by atomic mass is 9.74. The van der Waals surface area contributed by atoms with Gasteiger partial charge >= 0.3 is 0 Å². The topological polar surface area (TPSA) is 27.0 Å². The molecule has 0 spiro atoms. The summed E-state index contributed by atoms with van der Waals surface area (Å²) in [6.45, 7) is 4.92. The Bertz CT molecular complexity index is 786. The fourth-order valence-corrected chi connectivity index (χ4v) is 4.77. The third kappa shape index (κ3) is 3.41. The number of rotatable bonds is 3. The Hall–Kier alpha value is -2.11. The minimum atomic E-state index is 0.294. The summed E-state index contributed by atoms with van der Waals surface area (Å²) in [7, 11) is 0. The van der Waals surface area contributed by atoms with Crippen molar-refractivity contribution in [2.45, 2.75) is 56.9 Å². The van der Waals surface area contributed by atoms with Gasteiger partial charge in [-0.15, -0.1) is 0 Å². The van der Waals surface area contributed by atoms with E-state index in [1.54, 1.807) is 0 Å². The second kappa shape index (κ2) is 7.25. The highest BCUT2D eigenvalue weighted by Crippen LogP contribution is 2.38. The standard InChI is InChI=1S/C24H28N2/c1-24(13-15-26(16-14-24)23-7-2-3-8-23)22-11-9-20(10-12-22)21-6-4-5-19(17-21)18-25/h4-6,9-12,17,23H,2-3,7-8,13-16H2,1H3. The molecule has 1 aliphatic carbocycles. The molecule has 0 unspecified atom stereocenters. The zero-order chi connectivity index (χ0) is 18.0. The Morgan fingerprint density at radius 2 is 1.65 bits per heavy atom. The van der Waals surface area contributed by atoms with Gasteiger partial charge in [-0.05, 0) is 73.0 Å². The van der Waals surface area contributed by atoms with E-state index in [4.69, 9.17) is 5.26 Å². The summed E-state index contributed by atoms with van der Waals surface area (Å²) in [4.78, 5) is 2.75. The van der Waals surface area contributed by atoms with E-state index in [2.05, 4.69) is 48.2 Å². The van der Waals surface area contributed by atoms with Crippen molar-refractivity contribution in [3.63, 3.8) is 0 Å². The smallest absolute Gasteiger partial charge is 0.0991 e. The van der Waals surface area contributed by atoms with Gasteiger partial charge in [0.1, 0.15) is 0 Å². The zero-order valence-corrected chi connectivity index (χ0v) is 15.7. The Labute approximate surface area is 157 Å². The molecule has 0 aromatic heterocycles. The minimum absolute atomic E-state index is 0.294. The van der Waals surface area contributed by atoms with Crippen LogP contribution in [0.2, 0.25) is 0 Å². The van der Waals surface area contributed by atoms with Gasteiger partial charge in [0.2, 0.25) is 0 Å². The van der Waals surface area contributed by atoms with E-state index < -0.39 is 0 Å². The summed E-state index contributed by atoms with van der Waals surface area (Å²) in [5, 5.41) is 9.10. The predicted molar refractivity (Wildman–Crippen MR) is 107 cm³/mol. The summed E-state index contributed by atoms with van der Waals surface area (Å²) < 4.78 is 0. The first kappa shape index (κ1) is 17.3. The first-order valence-electron chi connectivity index (χ1n) is 10.0. The van der Waals surface area contributed by atoms with Crippen LogP contribution in [0.25, 0.3) is 11.1 Å². The molecule has 2 heteroatoms. The molecule has 1 saturated heterocycles. The third-order valence-electron chi connectivity index (χ3n) is 6.65. The second-order valence-corrected chi connectivity index (χ2v) is 8.30. The molecule has 0 N–H and O–H groups in total. The van der Waals surface area contributed by atoms with Gasteiger partial charge in [-0.3, -0.25) is 0 Å². The number of likely N-dealkylation sites (tertiary alicyclic amines) is 1. The molecule has 2 aromatic rings. The van der Waals surface area contributed by atoms with Gasteiger partial charge < -0.3 is 4.90 Å². The van der Waals surface area contributed by atoms with Crippen molar-refractivity contribution < 1.29 is 0 Å². The fourth-order valence-electron chi connectivity index (χ4n) is 4.77. The number of nitrogens with zero attached hydrogens (tertiary/aromatic N) is 2. The number of hydrogen-bond acceptors (Lipinski definition) is 2. The Balaban J connectivity index is 1.47. The van der Waals surface area contributed by atoms with Gasteiger partial charge in [0.05, 0.1) is 11.6 Å². The summed E-state index contributed by atoms with van der Waals surface area (Å²) >= 11 is 0. The van der Waals surface area contributed by atoms with Crippen molar-refractivity contribution >= 4 is 0 Å². The van der Waals surface area contributed by atoms with E-state index in [1.807, 2.05) is 18.2 Å². The maximum Gasteiger partial charge on any atom is 0.0991 e. The number of nitriles is 1. The first-order chi connectivity index (χ1) is 12.7. The summed E-state index contributed by atoms with van der Waals surface area (Å²) in [6, 6.07) is 20.0. The zero-order valence-electron chi connectivity index (χ0n) is 15.7. The van der Waals surface area contributed by atoms with E-state index >= 15 is 0 Å². The molecular weight excluding hydrogens is 316 g/mol. The molecule has 2 aliphatic rings. The molecule has 4 rings (SSSR count). The summed E-state index contributed by atoms with van der Waals surface area (Å²) in [6.07, 6.45) is 8.18. The monoisotopic (exact) mass is 344 g/mol. The average molecular weight is 345 g/mol. The van der Waals surface area contributed by atoms with Crippen LogP contribution in [0.5, 0.6) is 0 Å². The van der Waals surface area contributed by atoms with Gasteiger partial charge in [0.25, 0.3) is 0 Å². The van der Waals surface area contributed by atoms with Gasteiger partial charge in [0, 0.05) is 6.04 Å². The van der Waals surface area contributed by atoms with Crippen molar-refractivity contribution in [3.05, 3.63) is 59.7 Å². The Morgan fingerprint density at radius 3 is 2.31 bits per heavy atom. The highest BCUT2D eigenvalue weighted by Gasteiger charge is 2.34. The summed E-state index contributed by atoms with van der Waals surface area (Å²) in [5.41, 5.74) is 4.79. The van der Waals surface area contributed by atoms with Crippen LogP contribution in [0.3, 0.4) is 0 Å². The van der Waals surface area contributed by atoms with E-state index in [0.29, 0.717) is 5.41 Å². The van der Waals surface area contributed by atoms with E-state index in [9.17, 15) is 0 Å². The van der Waals surface area contributed by atoms with Crippen molar-refractivity contribution in [2.24, 2.45) is 0 Å². The van der Waals surface area contributed by atoms with Gasteiger partial charge in [-0.2, -0.15) is 5.26 Å². The molecule has 26 heavy (non-hydrogen) atoms. The van der Waals surface area contributed by atoms with Gasteiger partial charge in [-0.1, -0.05) is 56.2 Å². The fraction of sp³-hybridized carbons (Fsp3) is 0.458. The molecule has 0 radical (unpaired) electrons. The van der Waals surface area contributed by atoms with Gasteiger partial charge in [-0.25, -0.2) is 0 Å². The normalized spacial score (nSPS) is 20.8. The molecular formula is C24H28N2. The lowest BCUT2D eigenvalue weighted by Crippen LogP contribution is -2.45. The largest absolute Gasteiger partial charge is 0.300 e. The van der Waals surface area contributed by atoms with E-state index in [1.165, 1.54) is 62.7 Å². The molecule has 1 aliphatic heterocycles. The first-order valence-corrected chi connectivity index (χ1v) is 10.0. The van der Waals surface area contributed by atoms with E-state index in [0.717, 1.165) is 17.2 Å². The van der Waals surface area contributed by atoms with Crippen LogP contribution >= 0.6 is 0 Å². The third-order valence-corrected chi connectivity index (χ3v) is 6.65. The molecule has 2 nitrogen and oxygen atoms in total. The predicted octanol–water partition coefficient (Wildman–Crippen LogP) is 5.52. The second-order valence-electron chi connectivity index (χ2n) is 8.30. The lowest BCUT2D eigenvalue weighted by molar-refractivity contribution is 0.123. The van der Waals surface area contributed by atoms with Crippen LogP contribution in [0.15, 0.2) is 48.5 Å².